The summed E-state index contributed by atoms with van der Waals surface area (Å²) in [6.07, 6.45) is 4.18. The number of fused-ring (bicyclic) bond motifs is 3. The van der Waals surface area contributed by atoms with E-state index in [-0.39, 0.29) is 29.6 Å². The Kier molecular flexibility index (Phi) is 5.07. The molecule has 3 rings (SSSR count). The molecule has 25 heavy (non-hydrogen) atoms. The number of ether oxygens (including phenoxy) is 2. The van der Waals surface area contributed by atoms with Gasteiger partial charge in [0.15, 0.2) is 17.3 Å². The summed E-state index contributed by atoms with van der Waals surface area (Å²) in [7, 11) is 3.14. The number of benzene rings is 1. The first-order valence-electron chi connectivity index (χ1n) is 9.18. The Morgan fingerprint density at radius 2 is 2.12 bits per heavy atom. The van der Waals surface area contributed by atoms with Gasteiger partial charge in [-0.2, -0.15) is 0 Å². The van der Waals surface area contributed by atoms with Crippen LogP contribution in [0, 0.1) is 5.92 Å². The number of phenolic OH excluding ortho intramolecular Hbond substituents is 1. The predicted molar refractivity (Wildman–Crippen MR) is 96.1 cm³/mol. The number of hydrogen-bond acceptors (Lipinski definition) is 5. The van der Waals surface area contributed by atoms with E-state index in [1.807, 2.05) is 6.07 Å². The first-order chi connectivity index (χ1) is 12.0. The molecule has 0 amide bonds. The normalized spacial score (nSPS) is 31.4. The van der Waals surface area contributed by atoms with Crippen LogP contribution in [0.25, 0.3) is 0 Å². The minimum absolute atomic E-state index is 0.0390. The van der Waals surface area contributed by atoms with Crippen LogP contribution in [0.1, 0.15) is 50.2 Å². The van der Waals surface area contributed by atoms with Crippen molar-refractivity contribution in [2.24, 2.45) is 11.7 Å². The molecular weight excluding hydrogens is 318 g/mol. The number of ketones is 1. The molecule has 5 heteroatoms. The molecule has 3 N–H and O–H groups in total. The number of carbonyl (C=O) groups excluding carboxylic acids is 1. The summed E-state index contributed by atoms with van der Waals surface area (Å²) in [5, 5.41) is 10.9. The zero-order valence-corrected chi connectivity index (χ0v) is 15.4. The van der Waals surface area contributed by atoms with Crippen LogP contribution in [0.4, 0.5) is 0 Å². The van der Waals surface area contributed by atoms with Gasteiger partial charge in [0, 0.05) is 30.6 Å². The Bertz CT molecular complexity index is 659. The Morgan fingerprint density at radius 3 is 2.76 bits per heavy atom. The highest BCUT2D eigenvalue weighted by atomic mass is 16.5. The van der Waals surface area contributed by atoms with Gasteiger partial charge in [-0.3, -0.25) is 4.79 Å². The third-order valence-corrected chi connectivity index (χ3v) is 6.20. The molecule has 4 atom stereocenters. The Hall–Kier alpha value is -1.59. The van der Waals surface area contributed by atoms with Gasteiger partial charge < -0.3 is 20.3 Å². The summed E-state index contributed by atoms with van der Waals surface area (Å²) in [6.45, 7) is 2.14. The highest BCUT2D eigenvalue weighted by molar-refractivity contribution is 5.86. The summed E-state index contributed by atoms with van der Waals surface area (Å²) in [4.78, 5) is 12.8. The number of hydrogen-bond donors (Lipinski definition) is 2. The van der Waals surface area contributed by atoms with Gasteiger partial charge in [-0.1, -0.05) is 25.8 Å². The van der Waals surface area contributed by atoms with Crippen LogP contribution in [0.15, 0.2) is 12.1 Å². The van der Waals surface area contributed by atoms with E-state index in [0.717, 1.165) is 30.4 Å². The fraction of sp³-hybridized carbons (Fsp3) is 0.650. The zero-order valence-electron chi connectivity index (χ0n) is 15.4. The summed E-state index contributed by atoms with van der Waals surface area (Å²) < 4.78 is 10.8. The van der Waals surface area contributed by atoms with E-state index in [9.17, 15) is 9.90 Å². The minimum atomic E-state index is -0.423. The molecule has 1 saturated carbocycles. The van der Waals surface area contributed by atoms with E-state index in [2.05, 4.69) is 6.92 Å². The molecule has 0 bridgehead atoms. The fourth-order valence-electron chi connectivity index (χ4n) is 5.02. The molecule has 5 nitrogen and oxygen atoms in total. The molecular formula is C20H29NO4. The second-order valence-corrected chi connectivity index (χ2v) is 7.49. The van der Waals surface area contributed by atoms with E-state index >= 15 is 0 Å². The van der Waals surface area contributed by atoms with E-state index in [1.54, 1.807) is 20.3 Å². The zero-order chi connectivity index (χ0) is 18.2. The summed E-state index contributed by atoms with van der Waals surface area (Å²) in [5.74, 6) is 0.867. The van der Waals surface area contributed by atoms with Crippen molar-refractivity contribution in [2.45, 2.75) is 63.0 Å². The van der Waals surface area contributed by atoms with E-state index in [0.29, 0.717) is 25.0 Å². The van der Waals surface area contributed by atoms with Crippen molar-refractivity contribution in [3.05, 3.63) is 23.3 Å². The lowest BCUT2D eigenvalue weighted by atomic mass is 9.53. The van der Waals surface area contributed by atoms with E-state index in [1.165, 1.54) is 0 Å². The van der Waals surface area contributed by atoms with Gasteiger partial charge in [0.05, 0.1) is 7.11 Å². The number of nitrogens with two attached hydrogens (primary N) is 1. The predicted octanol–water partition coefficient (Wildman–Crippen LogP) is 2.71. The topological polar surface area (TPSA) is 81.8 Å². The Balaban J connectivity index is 2.18. The van der Waals surface area contributed by atoms with Crippen molar-refractivity contribution in [1.82, 2.24) is 0 Å². The van der Waals surface area contributed by atoms with Crippen molar-refractivity contribution in [1.29, 1.82) is 0 Å². The first kappa shape index (κ1) is 18.2. The maximum Gasteiger partial charge on any atom is 0.162 e. The number of methoxy groups -OCH3 is 2. The lowest BCUT2D eigenvalue weighted by Crippen LogP contribution is -2.57. The lowest BCUT2D eigenvalue weighted by Gasteiger charge is -2.52. The Labute approximate surface area is 149 Å². The van der Waals surface area contributed by atoms with Crippen LogP contribution in [0.5, 0.6) is 11.5 Å². The van der Waals surface area contributed by atoms with Crippen molar-refractivity contribution in [3.8, 4) is 11.5 Å². The molecule has 1 aromatic rings. The molecule has 2 aliphatic carbocycles. The van der Waals surface area contributed by atoms with Gasteiger partial charge in [-0.25, -0.2) is 0 Å². The maximum absolute atomic E-state index is 12.8. The van der Waals surface area contributed by atoms with E-state index < -0.39 is 5.41 Å². The van der Waals surface area contributed by atoms with Gasteiger partial charge in [0.25, 0.3) is 0 Å². The number of unbranched alkanes of at least 4 members (excludes halogenated alkanes) is 1. The average molecular weight is 347 g/mol. The minimum Gasteiger partial charge on any atom is -0.504 e. The molecule has 0 radical (unpaired) electrons. The van der Waals surface area contributed by atoms with Crippen molar-refractivity contribution >= 4 is 5.78 Å². The molecule has 1 fully saturated rings. The second kappa shape index (κ2) is 6.96. The Morgan fingerprint density at radius 1 is 1.36 bits per heavy atom. The molecule has 3 unspecified atom stereocenters. The van der Waals surface area contributed by atoms with Crippen LogP contribution < -0.4 is 10.5 Å². The molecule has 0 heterocycles. The molecule has 0 spiro atoms. The highest BCUT2D eigenvalue weighted by Crippen LogP contribution is 2.56. The van der Waals surface area contributed by atoms with Crippen molar-refractivity contribution in [3.63, 3.8) is 0 Å². The van der Waals surface area contributed by atoms with Crippen molar-refractivity contribution in [2.75, 3.05) is 14.2 Å². The molecule has 1 aromatic carbocycles. The molecule has 0 saturated heterocycles. The molecule has 138 valence electrons. The SMILES string of the molecule is CCCC[C@@]12CC(=O)C(OC)CC1C(N)Cc1ccc(OC)c(O)c12. The second-order valence-electron chi connectivity index (χ2n) is 7.49. The largest absolute Gasteiger partial charge is 0.504 e. The smallest absolute Gasteiger partial charge is 0.162 e. The highest BCUT2D eigenvalue weighted by Gasteiger charge is 2.54. The quantitative estimate of drug-likeness (QED) is 0.856. The first-order valence-corrected chi connectivity index (χ1v) is 9.18. The number of Topliss-reactive ketones (excluding diaryl/α,β-unsaturated/α-hetero) is 1. The summed E-state index contributed by atoms with van der Waals surface area (Å²) in [5.41, 5.74) is 8.07. The molecule has 0 aromatic heterocycles. The van der Waals surface area contributed by atoms with Gasteiger partial charge in [0.1, 0.15) is 6.10 Å². The fourth-order valence-corrected chi connectivity index (χ4v) is 5.02. The van der Waals surface area contributed by atoms with Gasteiger partial charge in [0.2, 0.25) is 0 Å². The van der Waals surface area contributed by atoms with Crippen LogP contribution in [-0.2, 0) is 21.4 Å². The van der Waals surface area contributed by atoms with Gasteiger partial charge in [-0.15, -0.1) is 0 Å². The number of aromatic hydroxyl groups is 1. The van der Waals surface area contributed by atoms with Crippen LogP contribution >= 0.6 is 0 Å². The standard InChI is InChI=1S/C20H29NO4/c1-4-5-8-20-11-15(22)17(25-3)10-13(20)14(21)9-12-6-7-16(24-2)19(23)18(12)20/h6-7,13-14,17,23H,4-5,8-11,21H2,1-3H3/t13?,14?,17?,20-/m1/s1. The number of rotatable bonds is 5. The van der Waals surface area contributed by atoms with Gasteiger partial charge >= 0.3 is 0 Å². The molecule has 0 aliphatic heterocycles. The van der Waals surface area contributed by atoms with Crippen LogP contribution in [0.2, 0.25) is 0 Å². The third-order valence-electron chi connectivity index (χ3n) is 6.20. The van der Waals surface area contributed by atoms with E-state index in [4.69, 9.17) is 15.2 Å². The van der Waals surface area contributed by atoms with Crippen LogP contribution in [-0.4, -0.2) is 37.3 Å². The summed E-state index contributed by atoms with van der Waals surface area (Å²) in [6, 6.07) is 3.74. The maximum atomic E-state index is 12.8. The summed E-state index contributed by atoms with van der Waals surface area (Å²) >= 11 is 0. The average Bonchev–Trinajstić information content (AvgIpc) is 2.59. The monoisotopic (exact) mass is 347 g/mol. The third kappa shape index (κ3) is 2.83. The van der Waals surface area contributed by atoms with Crippen LogP contribution in [0.3, 0.4) is 0 Å². The molecule has 2 aliphatic rings. The lowest BCUT2D eigenvalue weighted by molar-refractivity contribution is -0.137. The van der Waals surface area contributed by atoms with Crippen molar-refractivity contribution < 1.29 is 19.4 Å². The van der Waals surface area contributed by atoms with Gasteiger partial charge in [-0.05, 0) is 36.8 Å². The number of carbonyl (C=O) groups is 1. The number of phenols is 1.